The summed E-state index contributed by atoms with van der Waals surface area (Å²) in [6, 6.07) is 9.50. The third-order valence-corrected chi connectivity index (χ3v) is 6.71. The van der Waals surface area contributed by atoms with Crippen molar-refractivity contribution < 1.29 is 22.7 Å². The number of para-hydroxylation sites is 1. The predicted molar refractivity (Wildman–Crippen MR) is 125 cm³/mol. The topological polar surface area (TPSA) is 40.5 Å². The number of benzene rings is 2. The summed E-state index contributed by atoms with van der Waals surface area (Å²) < 4.78 is 46.0. The summed E-state index contributed by atoms with van der Waals surface area (Å²) in [6.45, 7) is 6.67. The molecule has 1 fully saturated rings. The van der Waals surface area contributed by atoms with Crippen molar-refractivity contribution in [3.05, 3.63) is 53.1 Å². The van der Waals surface area contributed by atoms with E-state index in [1.54, 1.807) is 0 Å². The van der Waals surface area contributed by atoms with Crippen LogP contribution in [0.4, 0.5) is 24.5 Å². The monoisotopic (exact) mass is 474 g/mol. The molecule has 0 unspecified atom stereocenters. The predicted octanol–water partition coefficient (Wildman–Crippen LogP) is 4.50. The van der Waals surface area contributed by atoms with Crippen LogP contribution in [-0.2, 0) is 17.6 Å². The molecule has 5 rings (SSSR count). The normalized spacial score (nSPS) is 19.9. The van der Waals surface area contributed by atoms with E-state index in [4.69, 9.17) is 9.57 Å². The molecule has 6 nitrogen and oxygen atoms in total. The van der Waals surface area contributed by atoms with Gasteiger partial charge in [0.2, 0.25) is 0 Å². The standard InChI is InChI=1S/C25H29F3N4O2/c1-30-11-13-31(14-12-30)9-3-15-34-29-21-8-10-32-22-16-19(25(26,27)28)6-7-23(22)33-17-18-4-2-5-20(21)24(18)32/h2,4-7,16H,3,8-15,17H2,1H3/b29-21-. The van der Waals surface area contributed by atoms with E-state index in [0.29, 0.717) is 31.0 Å². The summed E-state index contributed by atoms with van der Waals surface area (Å²) in [5, 5.41) is 4.44. The van der Waals surface area contributed by atoms with Crippen molar-refractivity contribution >= 4 is 17.1 Å². The van der Waals surface area contributed by atoms with Crippen LogP contribution in [0.25, 0.3) is 0 Å². The van der Waals surface area contributed by atoms with Crippen LogP contribution < -0.4 is 9.64 Å². The lowest BCUT2D eigenvalue weighted by atomic mass is 9.95. The van der Waals surface area contributed by atoms with Crippen molar-refractivity contribution in [1.29, 1.82) is 0 Å². The first-order chi connectivity index (χ1) is 16.4. The Labute approximate surface area is 197 Å². The van der Waals surface area contributed by atoms with Crippen molar-refractivity contribution in [3.8, 4) is 5.75 Å². The van der Waals surface area contributed by atoms with Gasteiger partial charge in [0.05, 0.1) is 22.6 Å². The zero-order valence-electron chi connectivity index (χ0n) is 19.3. The van der Waals surface area contributed by atoms with E-state index in [1.165, 1.54) is 12.1 Å². The molecular formula is C25H29F3N4O2. The molecule has 0 spiro atoms. The summed E-state index contributed by atoms with van der Waals surface area (Å²) in [5.41, 5.74) is 3.24. The highest BCUT2D eigenvalue weighted by Crippen LogP contribution is 2.45. The minimum absolute atomic E-state index is 0.289. The number of halogens is 3. The molecule has 0 amide bonds. The summed E-state index contributed by atoms with van der Waals surface area (Å²) in [7, 11) is 2.14. The zero-order chi connectivity index (χ0) is 23.7. The lowest BCUT2D eigenvalue weighted by Gasteiger charge is -2.32. The zero-order valence-corrected chi connectivity index (χ0v) is 19.3. The van der Waals surface area contributed by atoms with Gasteiger partial charge >= 0.3 is 6.18 Å². The van der Waals surface area contributed by atoms with Crippen LogP contribution in [0.1, 0.15) is 29.5 Å². The van der Waals surface area contributed by atoms with E-state index in [9.17, 15) is 13.2 Å². The van der Waals surface area contributed by atoms with Crippen molar-refractivity contribution in [3.63, 3.8) is 0 Å². The van der Waals surface area contributed by atoms with Crippen LogP contribution in [0.15, 0.2) is 41.6 Å². The number of piperazine rings is 1. The first kappa shape index (κ1) is 23.0. The quantitative estimate of drug-likeness (QED) is 0.472. The second kappa shape index (κ2) is 9.46. The molecule has 3 aliphatic heterocycles. The molecule has 3 heterocycles. The number of oxime groups is 1. The number of fused-ring (bicyclic) bond motifs is 2. The van der Waals surface area contributed by atoms with Gasteiger partial charge in [-0.05, 0) is 31.7 Å². The highest BCUT2D eigenvalue weighted by atomic mass is 19.4. The second-order valence-electron chi connectivity index (χ2n) is 9.05. The highest BCUT2D eigenvalue weighted by molar-refractivity contribution is 6.08. The number of nitrogens with zero attached hydrogens (tertiary/aromatic N) is 4. The molecule has 1 saturated heterocycles. The van der Waals surface area contributed by atoms with Crippen molar-refractivity contribution in [2.45, 2.75) is 25.6 Å². The summed E-state index contributed by atoms with van der Waals surface area (Å²) in [6.07, 6.45) is -2.93. The number of hydrogen-bond acceptors (Lipinski definition) is 6. The Morgan fingerprint density at radius 3 is 2.68 bits per heavy atom. The van der Waals surface area contributed by atoms with E-state index < -0.39 is 11.7 Å². The molecule has 0 radical (unpaired) electrons. The van der Waals surface area contributed by atoms with Gasteiger partial charge in [-0.15, -0.1) is 0 Å². The fourth-order valence-electron chi connectivity index (χ4n) is 4.79. The molecule has 3 aliphatic rings. The SMILES string of the molecule is CN1CCN(CCCO/N=C2/CCN3c4cc(C(F)(F)F)ccc4OCc4cccc2c43)CC1. The Morgan fingerprint density at radius 2 is 1.88 bits per heavy atom. The number of likely N-dealkylation sites (N-methyl/N-ethyl adjacent to an activating group) is 1. The van der Waals surface area contributed by atoms with Gasteiger partial charge in [-0.3, -0.25) is 0 Å². The Morgan fingerprint density at radius 1 is 1.06 bits per heavy atom. The average molecular weight is 475 g/mol. The molecule has 0 N–H and O–H groups in total. The molecule has 0 atom stereocenters. The van der Waals surface area contributed by atoms with Gasteiger partial charge in [0.1, 0.15) is 19.0 Å². The van der Waals surface area contributed by atoms with Crippen molar-refractivity contribution in [1.82, 2.24) is 9.80 Å². The molecular weight excluding hydrogens is 445 g/mol. The number of alkyl halides is 3. The number of rotatable bonds is 5. The van der Waals surface area contributed by atoms with Gasteiger partial charge in [0.25, 0.3) is 0 Å². The first-order valence-corrected chi connectivity index (χ1v) is 11.7. The molecule has 34 heavy (non-hydrogen) atoms. The highest BCUT2D eigenvalue weighted by Gasteiger charge is 2.35. The van der Waals surface area contributed by atoms with E-state index in [-0.39, 0.29) is 6.61 Å². The third kappa shape index (κ3) is 4.72. The maximum atomic E-state index is 13.4. The molecule has 0 aliphatic carbocycles. The minimum Gasteiger partial charge on any atom is -0.487 e. The van der Waals surface area contributed by atoms with Gasteiger partial charge < -0.3 is 24.3 Å². The average Bonchev–Trinajstić information content (AvgIpc) is 2.98. The van der Waals surface area contributed by atoms with Gasteiger partial charge in [0.15, 0.2) is 0 Å². The number of hydrogen-bond donors (Lipinski definition) is 0. The molecule has 2 aromatic rings. The Balaban J connectivity index is 1.32. The fraction of sp³-hybridized carbons (Fsp3) is 0.480. The lowest BCUT2D eigenvalue weighted by Crippen LogP contribution is -2.44. The van der Waals surface area contributed by atoms with Crippen LogP contribution in [-0.4, -0.2) is 68.4 Å². The Hall–Kier alpha value is -2.78. The van der Waals surface area contributed by atoms with E-state index in [0.717, 1.165) is 67.7 Å². The summed E-state index contributed by atoms with van der Waals surface area (Å²) in [4.78, 5) is 12.4. The van der Waals surface area contributed by atoms with Gasteiger partial charge in [0, 0.05) is 56.8 Å². The molecule has 0 saturated carbocycles. The van der Waals surface area contributed by atoms with Crippen LogP contribution in [0.2, 0.25) is 0 Å². The lowest BCUT2D eigenvalue weighted by molar-refractivity contribution is -0.137. The van der Waals surface area contributed by atoms with Gasteiger partial charge in [-0.25, -0.2) is 0 Å². The number of ether oxygens (including phenoxy) is 1. The smallest absolute Gasteiger partial charge is 0.416 e. The van der Waals surface area contributed by atoms with E-state index in [2.05, 4.69) is 22.0 Å². The molecule has 9 heteroatoms. The Kier molecular flexibility index (Phi) is 6.40. The molecule has 0 aromatic heterocycles. The maximum absolute atomic E-state index is 13.4. The van der Waals surface area contributed by atoms with Crippen molar-refractivity contribution in [2.24, 2.45) is 5.16 Å². The van der Waals surface area contributed by atoms with Crippen LogP contribution in [0.5, 0.6) is 5.75 Å². The number of anilines is 2. The molecule has 2 aromatic carbocycles. The summed E-state index contributed by atoms with van der Waals surface area (Å²) in [5.74, 6) is 0.454. The van der Waals surface area contributed by atoms with E-state index in [1.807, 2.05) is 23.1 Å². The largest absolute Gasteiger partial charge is 0.487 e. The van der Waals surface area contributed by atoms with Crippen LogP contribution in [0, 0.1) is 0 Å². The van der Waals surface area contributed by atoms with Gasteiger partial charge in [-0.1, -0.05) is 23.4 Å². The maximum Gasteiger partial charge on any atom is 0.416 e. The Bertz CT molecular complexity index is 1060. The molecule has 182 valence electrons. The van der Waals surface area contributed by atoms with Crippen molar-refractivity contribution in [2.75, 3.05) is 57.8 Å². The van der Waals surface area contributed by atoms with Crippen LogP contribution >= 0.6 is 0 Å². The molecule has 0 bridgehead atoms. The summed E-state index contributed by atoms with van der Waals surface area (Å²) >= 11 is 0. The first-order valence-electron chi connectivity index (χ1n) is 11.7. The van der Waals surface area contributed by atoms with Gasteiger partial charge in [-0.2, -0.15) is 13.2 Å². The second-order valence-corrected chi connectivity index (χ2v) is 9.05. The fourth-order valence-corrected chi connectivity index (χ4v) is 4.79. The van der Waals surface area contributed by atoms with E-state index >= 15 is 0 Å². The third-order valence-electron chi connectivity index (χ3n) is 6.71. The van der Waals surface area contributed by atoms with Crippen LogP contribution in [0.3, 0.4) is 0 Å². The minimum atomic E-state index is -4.41.